The van der Waals surface area contributed by atoms with Gasteiger partial charge in [0.15, 0.2) is 0 Å². The summed E-state index contributed by atoms with van der Waals surface area (Å²) < 4.78 is 17.5. The van der Waals surface area contributed by atoms with Gasteiger partial charge in [0, 0.05) is 29.3 Å². The number of nitrogens with two attached hydrogens (primary N) is 1. The average Bonchev–Trinajstić information content (AvgIpc) is 2.63. The number of ether oxygens (including phenoxy) is 1. The minimum atomic E-state index is -0.550. The lowest BCUT2D eigenvalue weighted by atomic mass is 10.2. The molecule has 7 heteroatoms. The zero-order valence-electron chi connectivity index (χ0n) is 13.7. The van der Waals surface area contributed by atoms with Crippen LogP contribution in [0.15, 0.2) is 48.9 Å². The molecule has 0 aliphatic rings. The first-order chi connectivity index (χ1) is 12.2. The summed E-state index contributed by atoms with van der Waals surface area (Å²) in [6, 6.07) is 9.13. The summed E-state index contributed by atoms with van der Waals surface area (Å²) in [6.07, 6.45) is 4.86. The van der Waals surface area contributed by atoms with E-state index in [0.29, 0.717) is 23.1 Å². The fraction of sp³-hybridized carbons (Fsp3) is 0.167. The van der Waals surface area contributed by atoms with Crippen molar-refractivity contribution in [3.63, 3.8) is 0 Å². The molecular weight excluding hydrogens is 321 g/mol. The Labute approximate surface area is 144 Å². The smallest absolute Gasteiger partial charge is 0.227 e. The Morgan fingerprint density at radius 1 is 1.20 bits per heavy atom. The summed E-state index contributed by atoms with van der Waals surface area (Å²) >= 11 is 0. The van der Waals surface area contributed by atoms with Crippen LogP contribution in [-0.2, 0) is 0 Å². The van der Waals surface area contributed by atoms with Gasteiger partial charge in [-0.2, -0.15) is 0 Å². The normalized spacial score (nSPS) is 10.5. The number of halogens is 1. The summed E-state index contributed by atoms with van der Waals surface area (Å²) in [5.41, 5.74) is 9.80. The van der Waals surface area contributed by atoms with Gasteiger partial charge >= 0.3 is 0 Å². The van der Waals surface area contributed by atoms with Crippen molar-refractivity contribution in [2.45, 2.75) is 6.92 Å². The van der Waals surface area contributed by atoms with E-state index in [-0.39, 0.29) is 6.61 Å². The van der Waals surface area contributed by atoms with Gasteiger partial charge in [0.2, 0.25) is 5.95 Å². The number of benzene rings is 1. The lowest BCUT2D eigenvalue weighted by molar-refractivity contribution is 0.272. The van der Waals surface area contributed by atoms with E-state index in [9.17, 15) is 4.39 Å². The number of nitrogens with one attached hydrogen (secondary N) is 1. The molecular formula is C18H18FN5O. The van der Waals surface area contributed by atoms with Crippen LogP contribution in [0.3, 0.4) is 0 Å². The van der Waals surface area contributed by atoms with Crippen LogP contribution in [0.2, 0.25) is 0 Å². The van der Waals surface area contributed by atoms with Crippen LogP contribution in [0.5, 0.6) is 5.75 Å². The fourth-order valence-corrected chi connectivity index (χ4v) is 2.27. The lowest BCUT2D eigenvalue weighted by Gasteiger charge is -2.10. The zero-order valence-corrected chi connectivity index (χ0v) is 13.7. The third-order valence-corrected chi connectivity index (χ3v) is 3.52. The van der Waals surface area contributed by atoms with Crippen LogP contribution in [-0.4, -0.2) is 28.2 Å². The molecule has 2 heterocycles. The number of alkyl halides is 1. The second kappa shape index (κ2) is 7.57. The van der Waals surface area contributed by atoms with Gasteiger partial charge < -0.3 is 15.8 Å². The van der Waals surface area contributed by atoms with E-state index in [1.165, 1.54) is 6.20 Å². The largest absolute Gasteiger partial charge is 0.489 e. The molecule has 0 fully saturated rings. The molecule has 0 saturated heterocycles. The first-order valence-electron chi connectivity index (χ1n) is 7.76. The molecule has 0 spiro atoms. The van der Waals surface area contributed by atoms with Crippen molar-refractivity contribution in [1.29, 1.82) is 0 Å². The van der Waals surface area contributed by atoms with Crippen molar-refractivity contribution >= 4 is 17.3 Å². The van der Waals surface area contributed by atoms with Gasteiger partial charge in [-0.1, -0.05) is 6.07 Å². The summed E-state index contributed by atoms with van der Waals surface area (Å²) in [5.74, 6) is 0.941. The van der Waals surface area contributed by atoms with E-state index in [2.05, 4.69) is 20.3 Å². The van der Waals surface area contributed by atoms with Crippen molar-refractivity contribution in [3.05, 3.63) is 54.5 Å². The minimum absolute atomic E-state index is 0.00355. The molecule has 128 valence electrons. The van der Waals surface area contributed by atoms with Crippen molar-refractivity contribution in [2.24, 2.45) is 0 Å². The molecule has 0 amide bonds. The first kappa shape index (κ1) is 16.6. The minimum Gasteiger partial charge on any atom is -0.489 e. The maximum atomic E-state index is 12.2. The van der Waals surface area contributed by atoms with E-state index < -0.39 is 6.67 Å². The molecule has 1 aromatic carbocycles. The van der Waals surface area contributed by atoms with E-state index in [0.717, 1.165) is 16.8 Å². The summed E-state index contributed by atoms with van der Waals surface area (Å²) in [5, 5.41) is 3.17. The number of aromatic nitrogens is 3. The number of hydrogen-bond acceptors (Lipinski definition) is 6. The van der Waals surface area contributed by atoms with Crippen LogP contribution < -0.4 is 15.8 Å². The van der Waals surface area contributed by atoms with E-state index >= 15 is 0 Å². The van der Waals surface area contributed by atoms with Crippen molar-refractivity contribution in [2.75, 3.05) is 24.3 Å². The monoisotopic (exact) mass is 339 g/mol. The quantitative estimate of drug-likeness (QED) is 0.668. The Morgan fingerprint density at radius 2 is 2.08 bits per heavy atom. The molecule has 6 nitrogen and oxygen atoms in total. The second-order valence-corrected chi connectivity index (χ2v) is 5.41. The average molecular weight is 339 g/mol. The predicted molar refractivity (Wildman–Crippen MR) is 95.6 cm³/mol. The third kappa shape index (κ3) is 4.20. The number of aryl methyl sites for hydroxylation is 1. The number of anilines is 3. The maximum Gasteiger partial charge on any atom is 0.227 e. The fourth-order valence-electron chi connectivity index (χ4n) is 2.27. The van der Waals surface area contributed by atoms with E-state index in [1.54, 1.807) is 24.5 Å². The van der Waals surface area contributed by atoms with Gasteiger partial charge in [-0.3, -0.25) is 4.98 Å². The summed E-state index contributed by atoms with van der Waals surface area (Å²) in [7, 11) is 0. The van der Waals surface area contributed by atoms with Gasteiger partial charge in [-0.05, 0) is 36.8 Å². The topological polar surface area (TPSA) is 86.0 Å². The highest BCUT2D eigenvalue weighted by Crippen LogP contribution is 2.24. The van der Waals surface area contributed by atoms with Crippen LogP contribution in [0, 0.1) is 6.92 Å². The third-order valence-electron chi connectivity index (χ3n) is 3.52. The number of rotatable bonds is 6. The Balaban J connectivity index is 1.85. The van der Waals surface area contributed by atoms with E-state index in [1.807, 2.05) is 25.1 Å². The molecule has 25 heavy (non-hydrogen) atoms. The van der Waals surface area contributed by atoms with Crippen molar-refractivity contribution < 1.29 is 9.13 Å². The highest BCUT2D eigenvalue weighted by Gasteiger charge is 2.07. The summed E-state index contributed by atoms with van der Waals surface area (Å²) in [6.45, 7) is 1.42. The highest BCUT2D eigenvalue weighted by molar-refractivity contribution is 5.66. The Kier molecular flexibility index (Phi) is 5.03. The van der Waals surface area contributed by atoms with Gasteiger partial charge in [0.1, 0.15) is 19.0 Å². The number of nitrogen functional groups attached to an aromatic ring is 1. The Bertz CT molecular complexity index is 872. The Morgan fingerprint density at radius 3 is 2.92 bits per heavy atom. The molecule has 0 bridgehead atoms. The molecule has 3 N–H and O–H groups in total. The number of pyridine rings is 1. The van der Waals surface area contributed by atoms with Crippen LogP contribution in [0.1, 0.15) is 5.56 Å². The maximum absolute atomic E-state index is 12.2. The van der Waals surface area contributed by atoms with Crippen LogP contribution >= 0.6 is 0 Å². The number of nitrogens with zero attached hydrogens (tertiary/aromatic N) is 3. The van der Waals surface area contributed by atoms with Crippen LogP contribution in [0.25, 0.3) is 11.3 Å². The molecule has 3 aromatic rings. The standard InChI is InChI=1S/C18H18FN5O/c1-12-2-3-14(20)9-17(12)24-18-22-6-4-16(23-18)13-8-15(11-21-10-13)25-7-5-19/h2-4,6,8-11H,5,7,20H2,1H3,(H,22,23,24). The molecule has 0 radical (unpaired) electrons. The molecule has 3 rings (SSSR count). The lowest BCUT2D eigenvalue weighted by Crippen LogP contribution is -2.01. The number of hydrogen-bond donors (Lipinski definition) is 2. The van der Waals surface area contributed by atoms with Crippen molar-refractivity contribution in [3.8, 4) is 17.0 Å². The zero-order chi connectivity index (χ0) is 17.6. The molecule has 0 atom stereocenters. The first-order valence-corrected chi connectivity index (χ1v) is 7.76. The Hall–Kier alpha value is -3.22. The predicted octanol–water partition coefficient (Wildman–Crippen LogP) is 3.52. The molecule has 2 aromatic heterocycles. The molecule has 0 aliphatic carbocycles. The highest BCUT2D eigenvalue weighted by atomic mass is 19.1. The van der Waals surface area contributed by atoms with Gasteiger partial charge in [0.25, 0.3) is 0 Å². The van der Waals surface area contributed by atoms with Crippen molar-refractivity contribution in [1.82, 2.24) is 15.0 Å². The SMILES string of the molecule is Cc1ccc(N)cc1Nc1nccc(-c2cncc(OCCF)c2)n1. The van der Waals surface area contributed by atoms with E-state index in [4.69, 9.17) is 10.5 Å². The molecule has 0 aliphatic heterocycles. The van der Waals surface area contributed by atoms with Gasteiger partial charge in [-0.15, -0.1) is 0 Å². The molecule has 0 unspecified atom stereocenters. The van der Waals surface area contributed by atoms with Gasteiger partial charge in [0.05, 0.1) is 11.9 Å². The van der Waals surface area contributed by atoms with Crippen LogP contribution in [0.4, 0.5) is 21.7 Å². The summed E-state index contributed by atoms with van der Waals surface area (Å²) in [4.78, 5) is 12.8. The van der Waals surface area contributed by atoms with Gasteiger partial charge in [-0.25, -0.2) is 14.4 Å². The second-order valence-electron chi connectivity index (χ2n) is 5.41. The molecule has 0 saturated carbocycles.